The van der Waals surface area contributed by atoms with Gasteiger partial charge in [0.1, 0.15) is 0 Å². The van der Waals surface area contributed by atoms with Crippen LogP contribution in [-0.2, 0) is 4.74 Å². The summed E-state index contributed by atoms with van der Waals surface area (Å²) in [7, 11) is 0. The number of para-hydroxylation sites is 1. The predicted molar refractivity (Wildman–Crippen MR) is 78.4 cm³/mol. The van der Waals surface area contributed by atoms with Crippen LogP contribution in [0.5, 0.6) is 0 Å². The number of nitrogens with one attached hydrogen (secondary N) is 1. The van der Waals surface area contributed by atoms with Crippen LogP contribution in [0.2, 0.25) is 0 Å². The second-order valence-electron chi connectivity index (χ2n) is 5.48. The minimum atomic E-state index is 0.170. The Morgan fingerprint density at radius 1 is 1.39 bits per heavy atom. The normalized spacial score (nSPS) is 31.7. The first-order chi connectivity index (χ1) is 8.77. The van der Waals surface area contributed by atoms with Crippen LogP contribution in [0.4, 0.5) is 5.69 Å². The third-order valence-electron chi connectivity index (χ3n) is 4.06. The van der Waals surface area contributed by atoms with Crippen LogP contribution in [0.25, 0.3) is 0 Å². The molecule has 3 heteroatoms. The Labute approximate surface area is 113 Å². The molecule has 1 aromatic carbocycles. The van der Waals surface area contributed by atoms with Gasteiger partial charge in [-0.25, -0.2) is 0 Å². The second-order valence-corrected chi connectivity index (χ2v) is 6.59. The lowest BCUT2D eigenvalue weighted by atomic mass is 9.89. The third kappa shape index (κ3) is 2.52. The average Bonchev–Trinajstić information content (AvgIpc) is 2.80. The number of hydrogen-bond donors (Lipinski definition) is 1. The summed E-state index contributed by atoms with van der Waals surface area (Å²) in [4.78, 5) is 0. The van der Waals surface area contributed by atoms with Crippen LogP contribution >= 0.6 is 11.8 Å². The zero-order chi connectivity index (χ0) is 12.4. The topological polar surface area (TPSA) is 21.3 Å². The molecule has 0 radical (unpaired) electrons. The summed E-state index contributed by atoms with van der Waals surface area (Å²) in [5.74, 6) is 2.44. The van der Waals surface area contributed by atoms with Gasteiger partial charge >= 0.3 is 0 Å². The first-order valence-electron chi connectivity index (χ1n) is 6.81. The van der Waals surface area contributed by atoms with Crippen molar-refractivity contribution < 1.29 is 4.74 Å². The summed E-state index contributed by atoms with van der Waals surface area (Å²) >= 11 is 2.04. The lowest BCUT2D eigenvalue weighted by Gasteiger charge is -2.38. The van der Waals surface area contributed by atoms with Crippen molar-refractivity contribution >= 4 is 17.4 Å². The van der Waals surface area contributed by atoms with E-state index in [9.17, 15) is 0 Å². The van der Waals surface area contributed by atoms with Gasteiger partial charge in [0.2, 0.25) is 0 Å². The van der Waals surface area contributed by atoms with Crippen LogP contribution in [0, 0.1) is 6.92 Å². The molecule has 3 rings (SSSR count). The molecule has 2 aliphatic heterocycles. The highest BCUT2D eigenvalue weighted by molar-refractivity contribution is 7.99. The van der Waals surface area contributed by atoms with Crippen molar-refractivity contribution in [2.24, 2.45) is 0 Å². The van der Waals surface area contributed by atoms with Crippen molar-refractivity contribution in [3.05, 3.63) is 29.8 Å². The number of hydrogen-bond acceptors (Lipinski definition) is 3. The Morgan fingerprint density at radius 2 is 2.28 bits per heavy atom. The van der Waals surface area contributed by atoms with Crippen LogP contribution in [0.15, 0.2) is 24.3 Å². The van der Waals surface area contributed by atoms with E-state index in [1.165, 1.54) is 29.2 Å². The van der Waals surface area contributed by atoms with E-state index in [1.807, 2.05) is 11.8 Å². The van der Waals surface area contributed by atoms with Gasteiger partial charge in [-0.1, -0.05) is 18.2 Å². The average molecular weight is 263 g/mol. The summed E-state index contributed by atoms with van der Waals surface area (Å²) in [6, 6.07) is 9.12. The Balaban J connectivity index is 1.68. The fourth-order valence-corrected chi connectivity index (χ4v) is 4.35. The van der Waals surface area contributed by atoms with Crippen molar-refractivity contribution in [2.75, 3.05) is 23.4 Å². The summed E-state index contributed by atoms with van der Waals surface area (Å²) < 4.78 is 6.06. The lowest BCUT2D eigenvalue weighted by molar-refractivity contribution is -0.0628. The van der Waals surface area contributed by atoms with E-state index in [4.69, 9.17) is 4.74 Å². The molecule has 1 N–H and O–H groups in total. The minimum absolute atomic E-state index is 0.170. The Kier molecular flexibility index (Phi) is 3.53. The molecular weight excluding hydrogens is 242 g/mol. The van der Waals surface area contributed by atoms with Gasteiger partial charge in [0, 0.05) is 24.1 Å². The molecule has 0 amide bonds. The van der Waals surface area contributed by atoms with Crippen LogP contribution in [0.1, 0.15) is 24.8 Å². The van der Waals surface area contributed by atoms with Crippen LogP contribution < -0.4 is 5.32 Å². The van der Waals surface area contributed by atoms with Crippen molar-refractivity contribution in [1.82, 2.24) is 0 Å². The first kappa shape index (κ1) is 12.4. The summed E-state index contributed by atoms with van der Waals surface area (Å²) in [5, 5.41) is 3.71. The molecule has 2 heterocycles. The number of aryl methyl sites for hydroxylation is 1. The highest BCUT2D eigenvalue weighted by Gasteiger charge is 2.40. The van der Waals surface area contributed by atoms with E-state index in [2.05, 4.69) is 36.5 Å². The van der Waals surface area contributed by atoms with E-state index >= 15 is 0 Å². The SMILES string of the molecule is Cc1ccccc1NC1CCOC2(CCSC2)C1. The monoisotopic (exact) mass is 263 g/mol. The molecule has 2 nitrogen and oxygen atoms in total. The van der Waals surface area contributed by atoms with Gasteiger partial charge in [0.15, 0.2) is 0 Å². The van der Waals surface area contributed by atoms with Gasteiger partial charge in [-0.3, -0.25) is 0 Å². The molecular formula is C15H21NOS. The molecule has 1 spiro atoms. The van der Waals surface area contributed by atoms with E-state index in [1.54, 1.807) is 0 Å². The Bertz CT molecular complexity index is 415. The van der Waals surface area contributed by atoms with Crippen LogP contribution in [-0.4, -0.2) is 29.8 Å². The maximum absolute atomic E-state index is 6.06. The zero-order valence-electron chi connectivity index (χ0n) is 10.9. The van der Waals surface area contributed by atoms with E-state index < -0.39 is 0 Å². The first-order valence-corrected chi connectivity index (χ1v) is 7.97. The van der Waals surface area contributed by atoms with Gasteiger partial charge in [-0.05, 0) is 43.6 Å². The maximum atomic E-state index is 6.06. The lowest BCUT2D eigenvalue weighted by Crippen LogP contribution is -2.44. The third-order valence-corrected chi connectivity index (χ3v) is 5.29. The van der Waals surface area contributed by atoms with Crippen molar-refractivity contribution in [3.8, 4) is 0 Å². The van der Waals surface area contributed by atoms with Gasteiger partial charge in [-0.2, -0.15) is 11.8 Å². The summed E-state index contributed by atoms with van der Waals surface area (Å²) in [5.41, 5.74) is 2.78. The molecule has 0 bridgehead atoms. The van der Waals surface area contributed by atoms with E-state index in [0.29, 0.717) is 6.04 Å². The standard InChI is InChI=1S/C15H21NOS/c1-12-4-2-3-5-14(12)16-13-6-8-17-15(10-13)7-9-18-11-15/h2-5,13,16H,6-11H2,1H3. The summed E-state index contributed by atoms with van der Waals surface area (Å²) in [6.07, 6.45) is 3.51. The van der Waals surface area contributed by atoms with Crippen molar-refractivity contribution in [3.63, 3.8) is 0 Å². The molecule has 2 fully saturated rings. The Hall–Kier alpha value is -0.670. The highest BCUT2D eigenvalue weighted by atomic mass is 32.2. The molecule has 0 saturated carbocycles. The number of benzene rings is 1. The van der Waals surface area contributed by atoms with Gasteiger partial charge in [0.05, 0.1) is 5.60 Å². The van der Waals surface area contributed by atoms with E-state index in [0.717, 1.165) is 19.4 Å². The molecule has 2 aliphatic rings. The fraction of sp³-hybridized carbons (Fsp3) is 0.600. The van der Waals surface area contributed by atoms with Gasteiger partial charge < -0.3 is 10.1 Å². The molecule has 1 aromatic rings. The minimum Gasteiger partial charge on any atom is -0.382 e. The highest BCUT2D eigenvalue weighted by Crippen LogP contribution is 2.39. The number of anilines is 1. The fourth-order valence-electron chi connectivity index (χ4n) is 2.97. The zero-order valence-corrected chi connectivity index (χ0v) is 11.8. The molecule has 98 valence electrons. The molecule has 0 aromatic heterocycles. The Morgan fingerprint density at radius 3 is 3.06 bits per heavy atom. The molecule has 18 heavy (non-hydrogen) atoms. The van der Waals surface area contributed by atoms with E-state index in [-0.39, 0.29) is 5.60 Å². The van der Waals surface area contributed by atoms with Crippen molar-refractivity contribution in [1.29, 1.82) is 0 Å². The second kappa shape index (κ2) is 5.14. The van der Waals surface area contributed by atoms with Crippen molar-refractivity contribution in [2.45, 2.75) is 37.8 Å². The maximum Gasteiger partial charge on any atom is 0.0799 e. The number of rotatable bonds is 2. The molecule has 2 atom stereocenters. The van der Waals surface area contributed by atoms with Crippen LogP contribution in [0.3, 0.4) is 0 Å². The molecule has 2 saturated heterocycles. The van der Waals surface area contributed by atoms with Gasteiger partial charge in [-0.15, -0.1) is 0 Å². The molecule has 2 unspecified atom stereocenters. The molecule has 0 aliphatic carbocycles. The van der Waals surface area contributed by atoms with Gasteiger partial charge in [0.25, 0.3) is 0 Å². The predicted octanol–water partition coefficient (Wildman–Crippen LogP) is 3.46. The summed E-state index contributed by atoms with van der Waals surface area (Å²) in [6.45, 7) is 3.08. The number of thioether (sulfide) groups is 1. The smallest absolute Gasteiger partial charge is 0.0799 e. The largest absolute Gasteiger partial charge is 0.382 e. The number of ether oxygens (including phenoxy) is 1. The quantitative estimate of drug-likeness (QED) is 0.883.